The third kappa shape index (κ3) is 6.67. The van der Waals surface area contributed by atoms with Gasteiger partial charge in [0.05, 0.1) is 24.7 Å². The molecule has 3 atom stereocenters. The SMILES string of the molecule is COc1ccc2nccc([C@H](F)CC[C@@H]3CCN(CCCSc4cnccn4)C[C@@H]3C(=O)O)c2c1. The zero-order valence-electron chi connectivity index (χ0n) is 19.8. The van der Waals surface area contributed by atoms with Gasteiger partial charge in [0.25, 0.3) is 0 Å². The topological polar surface area (TPSA) is 88.4 Å². The van der Waals surface area contributed by atoms with Gasteiger partial charge in [0, 0.05) is 36.3 Å². The molecule has 3 heterocycles. The van der Waals surface area contributed by atoms with Crippen molar-refractivity contribution in [1.29, 1.82) is 0 Å². The fourth-order valence-corrected chi connectivity index (χ4v) is 5.54. The van der Waals surface area contributed by atoms with Crippen molar-refractivity contribution in [3.05, 3.63) is 54.6 Å². The zero-order chi connectivity index (χ0) is 24.6. The summed E-state index contributed by atoms with van der Waals surface area (Å²) in [4.78, 5) is 26.9. The first-order valence-corrected chi connectivity index (χ1v) is 12.9. The van der Waals surface area contributed by atoms with E-state index >= 15 is 4.39 Å². The van der Waals surface area contributed by atoms with E-state index in [2.05, 4.69) is 19.9 Å². The van der Waals surface area contributed by atoms with Gasteiger partial charge in [-0.15, -0.1) is 11.8 Å². The molecule has 0 saturated carbocycles. The monoisotopic (exact) mass is 498 g/mol. The number of pyridine rings is 1. The number of likely N-dealkylation sites (tertiary alicyclic amines) is 1. The Hall–Kier alpha value is -2.78. The van der Waals surface area contributed by atoms with Crippen molar-refractivity contribution in [3.8, 4) is 5.75 Å². The molecule has 9 heteroatoms. The third-order valence-electron chi connectivity index (χ3n) is 6.68. The van der Waals surface area contributed by atoms with Crippen molar-refractivity contribution in [2.75, 3.05) is 32.5 Å². The number of carboxylic acids is 1. The molecule has 1 N–H and O–H groups in total. The van der Waals surface area contributed by atoms with Crippen LogP contribution in [0.1, 0.15) is 37.4 Å². The van der Waals surface area contributed by atoms with Crippen LogP contribution >= 0.6 is 11.8 Å². The molecule has 35 heavy (non-hydrogen) atoms. The molecule has 1 saturated heterocycles. The average molecular weight is 499 g/mol. The zero-order valence-corrected chi connectivity index (χ0v) is 20.7. The van der Waals surface area contributed by atoms with Gasteiger partial charge >= 0.3 is 5.97 Å². The van der Waals surface area contributed by atoms with E-state index in [4.69, 9.17) is 4.74 Å². The quantitative estimate of drug-likeness (QED) is 0.291. The lowest BCUT2D eigenvalue weighted by molar-refractivity contribution is -0.146. The van der Waals surface area contributed by atoms with Gasteiger partial charge in [0.2, 0.25) is 0 Å². The van der Waals surface area contributed by atoms with E-state index in [1.54, 1.807) is 49.7 Å². The summed E-state index contributed by atoms with van der Waals surface area (Å²) in [5.74, 6) is 0.275. The first-order valence-electron chi connectivity index (χ1n) is 12.0. The second-order valence-electron chi connectivity index (χ2n) is 8.87. The van der Waals surface area contributed by atoms with E-state index in [0.717, 1.165) is 47.6 Å². The third-order valence-corrected chi connectivity index (χ3v) is 7.68. The van der Waals surface area contributed by atoms with Crippen molar-refractivity contribution < 1.29 is 19.0 Å². The van der Waals surface area contributed by atoms with Gasteiger partial charge in [-0.3, -0.25) is 14.8 Å². The molecule has 1 aliphatic heterocycles. The molecule has 0 unspecified atom stereocenters. The van der Waals surface area contributed by atoms with Gasteiger partial charge in [-0.25, -0.2) is 9.37 Å². The fraction of sp³-hybridized carbons (Fsp3) is 0.462. The molecule has 0 bridgehead atoms. The number of thioether (sulfide) groups is 1. The number of hydrogen-bond acceptors (Lipinski definition) is 7. The lowest BCUT2D eigenvalue weighted by atomic mass is 9.81. The highest BCUT2D eigenvalue weighted by molar-refractivity contribution is 7.99. The van der Waals surface area contributed by atoms with Crippen molar-refractivity contribution in [2.45, 2.75) is 36.9 Å². The summed E-state index contributed by atoms with van der Waals surface area (Å²) in [6.07, 6.45) is 8.08. The summed E-state index contributed by atoms with van der Waals surface area (Å²) in [5, 5.41) is 11.5. The maximum Gasteiger partial charge on any atom is 0.308 e. The summed E-state index contributed by atoms with van der Waals surface area (Å²) >= 11 is 1.66. The van der Waals surface area contributed by atoms with Gasteiger partial charge in [0.15, 0.2) is 0 Å². The molecule has 0 spiro atoms. The van der Waals surface area contributed by atoms with E-state index in [1.165, 1.54) is 0 Å². The summed E-state index contributed by atoms with van der Waals surface area (Å²) in [7, 11) is 1.58. The van der Waals surface area contributed by atoms with Crippen LogP contribution < -0.4 is 4.74 Å². The molecule has 7 nitrogen and oxygen atoms in total. The standard InChI is InChI=1S/C26H31FN4O3S/c1-34-19-4-6-24-21(15-19)20(7-9-29-24)23(27)5-3-18-8-13-31(17-22(18)26(32)33)12-2-14-35-25-16-28-10-11-30-25/h4,6-7,9-11,15-16,18,22-23H,2-3,5,8,12-14,17H2,1H3,(H,32,33)/t18-,22+,23-/m1/s1. The van der Waals surface area contributed by atoms with Gasteiger partial charge in [-0.05, 0) is 74.5 Å². The number of benzene rings is 1. The van der Waals surface area contributed by atoms with E-state index in [9.17, 15) is 9.90 Å². The number of rotatable bonds is 11. The summed E-state index contributed by atoms with van der Waals surface area (Å²) in [6, 6.07) is 7.16. The van der Waals surface area contributed by atoms with Crippen molar-refractivity contribution in [1.82, 2.24) is 19.9 Å². The number of carbonyl (C=O) groups is 1. The molecule has 1 aromatic carbocycles. The van der Waals surface area contributed by atoms with Crippen LogP contribution in [0, 0.1) is 11.8 Å². The van der Waals surface area contributed by atoms with Crippen molar-refractivity contribution in [2.24, 2.45) is 11.8 Å². The molecular weight excluding hydrogens is 467 g/mol. The van der Waals surface area contributed by atoms with Crippen LogP contribution in [0.3, 0.4) is 0 Å². The lowest BCUT2D eigenvalue weighted by Crippen LogP contribution is -2.44. The molecule has 1 fully saturated rings. The number of aromatic nitrogens is 3. The summed E-state index contributed by atoms with van der Waals surface area (Å²) < 4.78 is 20.7. The number of carboxylic acid groups (broad SMARTS) is 1. The molecule has 0 aliphatic carbocycles. The Morgan fingerprint density at radius 3 is 2.94 bits per heavy atom. The molecule has 1 aliphatic rings. The number of nitrogens with zero attached hydrogens (tertiary/aromatic N) is 4. The van der Waals surface area contributed by atoms with Gasteiger partial charge < -0.3 is 14.7 Å². The minimum absolute atomic E-state index is 0.0291. The van der Waals surface area contributed by atoms with Crippen LogP contribution in [0.5, 0.6) is 5.75 Å². The average Bonchev–Trinajstić information content (AvgIpc) is 2.89. The second kappa shape index (κ2) is 12.3. The van der Waals surface area contributed by atoms with E-state index in [0.29, 0.717) is 30.7 Å². The van der Waals surface area contributed by atoms with Crippen molar-refractivity contribution in [3.63, 3.8) is 0 Å². The van der Waals surface area contributed by atoms with Crippen molar-refractivity contribution >= 4 is 28.6 Å². The molecule has 2 aromatic heterocycles. The minimum Gasteiger partial charge on any atom is -0.497 e. The van der Waals surface area contributed by atoms with Gasteiger partial charge in [0.1, 0.15) is 16.9 Å². The Morgan fingerprint density at radius 2 is 2.17 bits per heavy atom. The van der Waals surface area contributed by atoms with Crippen LogP contribution in [0.4, 0.5) is 4.39 Å². The van der Waals surface area contributed by atoms with E-state index in [1.807, 2.05) is 18.2 Å². The number of aliphatic carboxylic acids is 1. The fourth-order valence-electron chi connectivity index (χ4n) is 4.78. The highest BCUT2D eigenvalue weighted by atomic mass is 32.2. The number of alkyl halides is 1. The normalized spacial score (nSPS) is 19.5. The van der Waals surface area contributed by atoms with Crippen LogP contribution in [0.25, 0.3) is 10.9 Å². The number of halogens is 1. The maximum atomic E-state index is 15.4. The highest BCUT2D eigenvalue weighted by Gasteiger charge is 2.34. The summed E-state index contributed by atoms with van der Waals surface area (Å²) in [6.45, 7) is 2.21. The molecule has 0 amide bonds. The van der Waals surface area contributed by atoms with E-state index in [-0.39, 0.29) is 5.92 Å². The smallest absolute Gasteiger partial charge is 0.308 e. The maximum absolute atomic E-state index is 15.4. The Labute approximate surface area is 209 Å². The van der Waals surface area contributed by atoms with Crippen LogP contribution in [-0.4, -0.2) is 63.4 Å². The predicted octanol–water partition coefficient (Wildman–Crippen LogP) is 5.03. The predicted molar refractivity (Wildman–Crippen MR) is 134 cm³/mol. The largest absolute Gasteiger partial charge is 0.497 e. The molecule has 3 aromatic rings. The lowest BCUT2D eigenvalue weighted by Gasteiger charge is -2.36. The van der Waals surface area contributed by atoms with Crippen LogP contribution in [0.2, 0.25) is 0 Å². The number of hydrogen-bond donors (Lipinski definition) is 1. The second-order valence-corrected chi connectivity index (χ2v) is 9.98. The van der Waals surface area contributed by atoms with Crippen LogP contribution in [0.15, 0.2) is 54.1 Å². The van der Waals surface area contributed by atoms with Crippen LogP contribution in [-0.2, 0) is 4.79 Å². The molecule has 4 rings (SSSR count). The molecule has 186 valence electrons. The Bertz CT molecular complexity index is 1120. The first kappa shape index (κ1) is 25.3. The Kier molecular flexibility index (Phi) is 8.87. The Morgan fingerprint density at radius 1 is 1.29 bits per heavy atom. The Balaban J connectivity index is 1.30. The number of ether oxygens (including phenoxy) is 1. The van der Waals surface area contributed by atoms with E-state index < -0.39 is 18.1 Å². The van der Waals surface area contributed by atoms with Gasteiger partial charge in [-0.1, -0.05) is 0 Å². The molecule has 0 radical (unpaired) electrons. The minimum atomic E-state index is -1.18. The number of piperidine rings is 1. The number of fused-ring (bicyclic) bond motifs is 1. The summed E-state index contributed by atoms with van der Waals surface area (Å²) in [5.41, 5.74) is 1.30. The number of methoxy groups -OCH3 is 1. The molecular formula is C26H31FN4O3S. The highest BCUT2D eigenvalue weighted by Crippen LogP contribution is 2.35. The first-order chi connectivity index (χ1) is 17.0. The van der Waals surface area contributed by atoms with Gasteiger partial charge in [-0.2, -0.15) is 0 Å².